The summed E-state index contributed by atoms with van der Waals surface area (Å²) in [6.45, 7) is 0.0322. The molecule has 0 amide bonds. The lowest BCUT2D eigenvalue weighted by Gasteiger charge is -2.03. The first-order valence-electron chi connectivity index (χ1n) is 5.55. The minimum absolute atomic E-state index is 0.0322. The number of rotatable bonds is 2. The normalized spacial score (nSPS) is 10.9. The first kappa shape index (κ1) is 11.2. The number of fused-ring (bicyclic) bond motifs is 1. The van der Waals surface area contributed by atoms with E-state index in [1.54, 1.807) is 18.2 Å². The molecule has 0 aliphatic rings. The molecule has 0 saturated carbocycles. The molecule has 0 unspecified atom stereocenters. The minimum atomic E-state index is -0.196. The molecule has 4 N–H and O–H groups in total. The Morgan fingerprint density at radius 1 is 1.32 bits per heavy atom. The van der Waals surface area contributed by atoms with Gasteiger partial charge in [0.05, 0.1) is 17.4 Å². The van der Waals surface area contributed by atoms with Gasteiger partial charge in [-0.3, -0.25) is 9.36 Å². The van der Waals surface area contributed by atoms with Gasteiger partial charge in [0.2, 0.25) is 0 Å². The first-order chi connectivity index (χ1) is 9.15. The van der Waals surface area contributed by atoms with Crippen LogP contribution in [0.3, 0.4) is 0 Å². The molecule has 19 heavy (non-hydrogen) atoms. The number of para-hydroxylation sites is 1. The third-order valence-corrected chi connectivity index (χ3v) is 2.73. The van der Waals surface area contributed by atoms with Crippen LogP contribution in [0.2, 0.25) is 0 Å². The number of benzene rings is 1. The molecule has 0 aliphatic carbocycles. The van der Waals surface area contributed by atoms with Crippen LogP contribution in [-0.2, 0) is 6.54 Å². The van der Waals surface area contributed by atoms with Crippen molar-refractivity contribution in [3.8, 4) is 0 Å². The zero-order valence-electron chi connectivity index (χ0n) is 9.89. The number of hydrogen-bond acceptors (Lipinski definition) is 6. The third-order valence-electron chi connectivity index (χ3n) is 2.73. The van der Waals surface area contributed by atoms with Crippen molar-refractivity contribution in [3.63, 3.8) is 0 Å². The fraction of sp³-hybridized carbons (Fsp3) is 0.0909. The Labute approximate surface area is 107 Å². The smallest absolute Gasteiger partial charge is 0.254 e. The second-order valence-electron chi connectivity index (χ2n) is 4.06. The number of aromatic nitrogens is 5. The second-order valence-corrected chi connectivity index (χ2v) is 4.06. The van der Waals surface area contributed by atoms with Crippen LogP contribution in [0.15, 0.2) is 30.7 Å². The zero-order valence-corrected chi connectivity index (χ0v) is 9.89. The average molecular weight is 257 g/mol. The van der Waals surface area contributed by atoms with Crippen molar-refractivity contribution < 1.29 is 4.79 Å². The van der Waals surface area contributed by atoms with Gasteiger partial charge in [0.25, 0.3) is 5.91 Å². The van der Waals surface area contributed by atoms with Crippen molar-refractivity contribution in [1.82, 2.24) is 24.5 Å². The molecule has 0 atom stereocenters. The van der Waals surface area contributed by atoms with Crippen LogP contribution in [0.4, 0.5) is 11.5 Å². The molecule has 0 saturated heterocycles. The summed E-state index contributed by atoms with van der Waals surface area (Å²) in [6, 6.07) is 5.30. The highest BCUT2D eigenvalue weighted by Crippen LogP contribution is 2.18. The molecule has 0 spiro atoms. The van der Waals surface area contributed by atoms with E-state index in [0.29, 0.717) is 16.7 Å². The second kappa shape index (κ2) is 4.09. The molecule has 0 bridgehead atoms. The van der Waals surface area contributed by atoms with Gasteiger partial charge in [-0.25, -0.2) is 9.67 Å². The van der Waals surface area contributed by atoms with Crippen LogP contribution < -0.4 is 11.5 Å². The maximum Gasteiger partial charge on any atom is 0.254 e. The molecule has 8 nitrogen and oxygen atoms in total. The number of nitrogen functional groups attached to an aromatic ring is 2. The molecular formula is C11H11N7O. The van der Waals surface area contributed by atoms with Gasteiger partial charge in [0.1, 0.15) is 18.4 Å². The summed E-state index contributed by atoms with van der Waals surface area (Å²) in [5.74, 6) is 0.0746. The van der Waals surface area contributed by atoms with E-state index in [9.17, 15) is 4.79 Å². The maximum atomic E-state index is 12.2. The van der Waals surface area contributed by atoms with Crippen molar-refractivity contribution in [2.75, 3.05) is 11.5 Å². The third kappa shape index (κ3) is 1.88. The number of nitrogens with two attached hydrogens (primary N) is 2. The summed E-state index contributed by atoms with van der Waals surface area (Å²) in [5.41, 5.74) is 13.0. The highest BCUT2D eigenvalue weighted by Gasteiger charge is 2.12. The van der Waals surface area contributed by atoms with Crippen molar-refractivity contribution >= 4 is 28.4 Å². The SMILES string of the molecule is Nc1cn(CC(=O)n2cnc3c(N)cccc32)nn1. The van der Waals surface area contributed by atoms with E-state index in [4.69, 9.17) is 11.5 Å². The number of hydrogen-bond donors (Lipinski definition) is 2. The molecule has 3 rings (SSSR count). The van der Waals surface area contributed by atoms with Gasteiger partial charge < -0.3 is 11.5 Å². The monoisotopic (exact) mass is 257 g/mol. The van der Waals surface area contributed by atoms with Gasteiger partial charge in [-0.2, -0.15) is 0 Å². The molecule has 0 fully saturated rings. The van der Waals surface area contributed by atoms with Crippen molar-refractivity contribution in [3.05, 3.63) is 30.7 Å². The highest BCUT2D eigenvalue weighted by molar-refractivity contribution is 5.94. The molecule has 0 aliphatic heterocycles. The standard InChI is InChI=1S/C11H11N7O/c12-7-2-1-3-8-11(7)14-6-18(8)10(19)5-17-4-9(13)15-16-17/h1-4,6H,5,12-13H2. The molecule has 1 aromatic carbocycles. The lowest BCUT2D eigenvalue weighted by atomic mass is 10.3. The number of anilines is 2. The Bertz CT molecular complexity index is 757. The van der Waals surface area contributed by atoms with E-state index in [-0.39, 0.29) is 18.3 Å². The number of carbonyl (C=O) groups excluding carboxylic acids is 1. The molecule has 2 heterocycles. The van der Waals surface area contributed by atoms with E-state index in [1.165, 1.54) is 21.8 Å². The lowest BCUT2D eigenvalue weighted by molar-refractivity contribution is 0.0890. The summed E-state index contributed by atoms with van der Waals surface area (Å²) in [6.07, 6.45) is 2.94. The Hall–Kier alpha value is -2.90. The van der Waals surface area contributed by atoms with E-state index >= 15 is 0 Å². The van der Waals surface area contributed by atoms with Crippen LogP contribution in [0, 0.1) is 0 Å². The largest absolute Gasteiger partial charge is 0.397 e. The molecule has 2 aromatic heterocycles. The van der Waals surface area contributed by atoms with E-state index in [1.807, 2.05) is 0 Å². The maximum absolute atomic E-state index is 12.2. The summed E-state index contributed by atoms with van der Waals surface area (Å²) < 4.78 is 2.80. The van der Waals surface area contributed by atoms with Crippen LogP contribution in [-0.4, -0.2) is 30.5 Å². The Morgan fingerprint density at radius 2 is 2.16 bits per heavy atom. The summed E-state index contributed by atoms with van der Waals surface area (Å²) >= 11 is 0. The molecular weight excluding hydrogens is 246 g/mol. The molecule has 3 aromatic rings. The van der Waals surface area contributed by atoms with E-state index in [0.717, 1.165) is 0 Å². The Balaban J connectivity index is 1.96. The Kier molecular flexibility index (Phi) is 2.41. The van der Waals surface area contributed by atoms with Gasteiger partial charge in [-0.05, 0) is 12.1 Å². The number of nitrogens with zero attached hydrogens (tertiary/aromatic N) is 5. The van der Waals surface area contributed by atoms with Gasteiger partial charge in [-0.15, -0.1) is 5.10 Å². The predicted molar refractivity (Wildman–Crippen MR) is 69.2 cm³/mol. The van der Waals surface area contributed by atoms with Crippen molar-refractivity contribution in [1.29, 1.82) is 0 Å². The minimum Gasteiger partial charge on any atom is -0.397 e. The van der Waals surface area contributed by atoms with Gasteiger partial charge in [0.15, 0.2) is 5.82 Å². The summed E-state index contributed by atoms with van der Waals surface area (Å²) in [5, 5.41) is 7.35. The summed E-state index contributed by atoms with van der Waals surface area (Å²) in [7, 11) is 0. The fourth-order valence-electron chi connectivity index (χ4n) is 1.87. The van der Waals surface area contributed by atoms with Crippen LogP contribution in [0.5, 0.6) is 0 Å². The van der Waals surface area contributed by atoms with Crippen LogP contribution >= 0.6 is 0 Å². The quantitative estimate of drug-likeness (QED) is 0.630. The van der Waals surface area contributed by atoms with Crippen LogP contribution in [0.1, 0.15) is 4.79 Å². The number of imidazole rings is 1. The molecule has 8 heteroatoms. The fourth-order valence-corrected chi connectivity index (χ4v) is 1.87. The Morgan fingerprint density at radius 3 is 2.89 bits per heavy atom. The van der Waals surface area contributed by atoms with Crippen LogP contribution in [0.25, 0.3) is 11.0 Å². The topological polar surface area (TPSA) is 118 Å². The van der Waals surface area contributed by atoms with E-state index in [2.05, 4.69) is 15.3 Å². The highest BCUT2D eigenvalue weighted by atomic mass is 16.2. The van der Waals surface area contributed by atoms with E-state index < -0.39 is 0 Å². The van der Waals surface area contributed by atoms with Crippen molar-refractivity contribution in [2.45, 2.75) is 6.54 Å². The van der Waals surface area contributed by atoms with Gasteiger partial charge >= 0.3 is 0 Å². The van der Waals surface area contributed by atoms with Gasteiger partial charge in [-0.1, -0.05) is 11.3 Å². The first-order valence-corrected chi connectivity index (χ1v) is 5.55. The van der Waals surface area contributed by atoms with Crippen molar-refractivity contribution in [2.24, 2.45) is 0 Å². The predicted octanol–water partition coefficient (Wildman–Crippen LogP) is 0.133. The number of carbonyl (C=O) groups is 1. The lowest BCUT2D eigenvalue weighted by Crippen LogP contribution is -2.17. The van der Waals surface area contributed by atoms with Gasteiger partial charge in [0, 0.05) is 0 Å². The zero-order chi connectivity index (χ0) is 13.4. The molecule has 0 radical (unpaired) electrons. The summed E-state index contributed by atoms with van der Waals surface area (Å²) in [4.78, 5) is 16.3. The molecule has 96 valence electrons. The average Bonchev–Trinajstić information content (AvgIpc) is 2.96.